The van der Waals surface area contributed by atoms with Crippen LogP contribution in [-0.4, -0.2) is 0 Å². The minimum Gasteiger partial charge on any atom is -0.455 e. The average molecular weight is 638 g/mol. The summed E-state index contributed by atoms with van der Waals surface area (Å²) in [6.07, 6.45) is 0. The minimum atomic E-state index is 0.899. The van der Waals surface area contributed by atoms with Gasteiger partial charge in [-0.3, -0.25) is 0 Å². The maximum atomic E-state index is 6.83. The summed E-state index contributed by atoms with van der Waals surface area (Å²) in [7, 11) is 0. The Labute approximate surface area is 290 Å². The number of para-hydroxylation sites is 2. The fraction of sp³-hybridized carbons (Fsp3) is 0. The molecule has 1 heterocycles. The smallest absolute Gasteiger partial charge is 0.143 e. The van der Waals surface area contributed by atoms with Gasteiger partial charge in [-0.05, 0) is 80.5 Å². The van der Waals surface area contributed by atoms with E-state index < -0.39 is 0 Å². The summed E-state index contributed by atoms with van der Waals surface area (Å²) in [4.78, 5) is 2.38. The van der Waals surface area contributed by atoms with E-state index in [1.807, 2.05) is 0 Å². The van der Waals surface area contributed by atoms with Crippen molar-refractivity contribution >= 4 is 71.3 Å². The second kappa shape index (κ2) is 11.5. The van der Waals surface area contributed by atoms with Crippen LogP contribution in [0.15, 0.2) is 192 Å². The summed E-state index contributed by atoms with van der Waals surface area (Å²) < 4.78 is 6.83. The number of rotatable bonds is 5. The van der Waals surface area contributed by atoms with Gasteiger partial charge in [0.25, 0.3) is 0 Å². The van der Waals surface area contributed by atoms with Crippen LogP contribution in [0.2, 0.25) is 0 Å². The van der Waals surface area contributed by atoms with Crippen molar-refractivity contribution in [3.63, 3.8) is 0 Å². The van der Waals surface area contributed by atoms with Crippen molar-refractivity contribution in [1.29, 1.82) is 0 Å². The first kappa shape index (κ1) is 28.4. The molecule has 0 unspecified atom stereocenters. The van der Waals surface area contributed by atoms with Crippen LogP contribution in [0.4, 0.5) is 17.1 Å². The number of fused-ring (bicyclic) bond motifs is 7. The number of furan rings is 1. The van der Waals surface area contributed by atoms with Gasteiger partial charge in [0.2, 0.25) is 0 Å². The first-order chi connectivity index (χ1) is 24.8. The van der Waals surface area contributed by atoms with Crippen LogP contribution >= 0.6 is 0 Å². The van der Waals surface area contributed by atoms with Crippen LogP contribution in [0.25, 0.3) is 76.5 Å². The van der Waals surface area contributed by atoms with Gasteiger partial charge in [0, 0.05) is 38.7 Å². The molecule has 2 heteroatoms. The molecule has 0 radical (unpaired) electrons. The first-order valence-corrected chi connectivity index (χ1v) is 17.1. The molecular formula is C48H31NO. The molecule has 0 saturated heterocycles. The van der Waals surface area contributed by atoms with Crippen molar-refractivity contribution in [3.8, 4) is 22.3 Å². The van der Waals surface area contributed by atoms with Crippen LogP contribution in [0.1, 0.15) is 0 Å². The topological polar surface area (TPSA) is 16.4 Å². The lowest BCUT2D eigenvalue weighted by molar-refractivity contribution is 0.674. The number of hydrogen-bond acceptors (Lipinski definition) is 2. The summed E-state index contributed by atoms with van der Waals surface area (Å²) >= 11 is 0. The SMILES string of the molecule is c1ccc(N(c2ccc(-c3ccc4ccccc4c3)cc2)c2ccc3ccccc3c2)c(-c2cccc3c2oc2c4ccccc4ccc32)c1. The van der Waals surface area contributed by atoms with Gasteiger partial charge in [-0.1, -0.05) is 146 Å². The molecule has 0 fully saturated rings. The van der Waals surface area contributed by atoms with Gasteiger partial charge in [0.1, 0.15) is 11.2 Å². The van der Waals surface area contributed by atoms with Gasteiger partial charge in [-0.25, -0.2) is 0 Å². The summed E-state index contributed by atoms with van der Waals surface area (Å²) in [6.45, 7) is 0. The zero-order valence-corrected chi connectivity index (χ0v) is 27.3. The molecular weight excluding hydrogens is 607 g/mol. The Bertz CT molecular complexity index is 2880. The Hall–Kier alpha value is -6.64. The third-order valence-electron chi connectivity index (χ3n) is 10.0. The molecule has 0 aliphatic heterocycles. The van der Waals surface area contributed by atoms with Crippen LogP contribution in [0, 0.1) is 0 Å². The Morgan fingerprint density at radius 2 is 0.880 bits per heavy atom. The Balaban J connectivity index is 1.16. The molecule has 0 aliphatic rings. The molecule has 10 rings (SSSR count). The highest BCUT2D eigenvalue weighted by Gasteiger charge is 2.21. The zero-order chi connectivity index (χ0) is 33.0. The lowest BCUT2D eigenvalue weighted by atomic mass is 9.98. The Morgan fingerprint density at radius 1 is 0.320 bits per heavy atom. The predicted octanol–water partition coefficient (Wildman–Crippen LogP) is 13.8. The molecule has 234 valence electrons. The largest absolute Gasteiger partial charge is 0.455 e. The monoisotopic (exact) mass is 637 g/mol. The lowest BCUT2D eigenvalue weighted by Gasteiger charge is -2.28. The van der Waals surface area contributed by atoms with E-state index in [2.05, 4.69) is 193 Å². The van der Waals surface area contributed by atoms with Gasteiger partial charge < -0.3 is 9.32 Å². The highest BCUT2D eigenvalue weighted by molar-refractivity contribution is 6.17. The molecule has 50 heavy (non-hydrogen) atoms. The molecule has 10 aromatic rings. The molecule has 0 atom stereocenters. The van der Waals surface area contributed by atoms with E-state index in [4.69, 9.17) is 4.42 Å². The molecule has 0 amide bonds. The van der Waals surface area contributed by atoms with Gasteiger partial charge in [-0.2, -0.15) is 0 Å². The second-order valence-corrected chi connectivity index (χ2v) is 12.9. The normalized spacial score (nSPS) is 11.6. The molecule has 2 nitrogen and oxygen atoms in total. The fourth-order valence-electron chi connectivity index (χ4n) is 7.55. The molecule has 0 aliphatic carbocycles. The first-order valence-electron chi connectivity index (χ1n) is 17.1. The van der Waals surface area contributed by atoms with Crippen LogP contribution < -0.4 is 4.90 Å². The molecule has 0 N–H and O–H groups in total. The summed E-state index contributed by atoms with van der Waals surface area (Å²) in [5, 5.41) is 9.47. The van der Waals surface area contributed by atoms with Crippen molar-refractivity contribution < 1.29 is 4.42 Å². The molecule has 1 aromatic heterocycles. The average Bonchev–Trinajstić information content (AvgIpc) is 3.58. The lowest BCUT2D eigenvalue weighted by Crippen LogP contribution is -2.11. The van der Waals surface area contributed by atoms with Crippen molar-refractivity contribution in [2.24, 2.45) is 0 Å². The van der Waals surface area contributed by atoms with Crippen molar-refractivity contribution in [3.05, 3.63) is 188 Å². The molecule has 0 spiro atoms. The number of benzene rings is 9. The van der Waals surface area contributed by atoms with Gasteiger partial charge in [0.15, 0.2) is 0 Å². The van der Waals surface area contributed by atoms with E-state index in [1.54, 1.807) is 0 Å². The van der Waals surface area contributed by atoms with Crippen molar-refractivity contribution in [1.82, 2.24) is 0 Å². The highest BCUT2D eigenvalue weighted by Crippen LogP contribution is 2.45. The second-order valence-electron chi connectivity index (χ2n) is 12.9. The number of hydrogen-bond donors (Lipinski definition) is 0. The van der Waals surface area contributed by atoms with Crippen molar-refractivity contribution in [2.45, 2.75) is 0 Å². The van der Waals surface area contributed by atoms with Crippen LogP contribution in [-0.2, 0) is 0 Å². The van der Waals surface area contributed by atoms with E-state index in [9.17, 15) is 0 Å². The molecule has 9 aromatic carbocycles. The number of anilines is 3. The minimum absolute atomic E-state index is 0.899. The summed E-state index contributed by atoms with van der Waals surface area (Å²) in [5.41, 5.74) is 9.65. The fourth-order valence-corrected chi connectivity index (χ4v) is 7.55. The van der Waals surface area contributed by atoms with E-state index in [-0.39, 0.29) is 0 Å². The van der Waals surface area contributed by atoms with E-state index in [0.29, 0.717) is 0 Å². The van der Waals surface area contributed by atoms with E-state index >= 15 is 0 Å². The van der Waals surface area contributed by atoms with Crippen LogP contribution in [0.3, 0.4) is 0 Å². The Morgan fingerprint density at radius 3 is 1.70 bits per heavy atom. The van der Waals surface area contributed by atoms with E-state index in [0.717, 1.165) is 55.5 Å². The molecule has 0 saturated carbocycles. The van der Waals surface area contributed by atoms with E-state index in [1.165, 1.54) is 38.1 Å². The highest BCUT2D eigenvalue weighted by atomic mass is 16.3. The number of nitrogens with zero attached hydrogens (tertiary/aromatic N) is 1. The zero-order valence-electron chi connectivity index (χ0n) is 27.3. The van der Waals surface area contributed by atoms with Crippen LogP contribution in [0.5, 0.6) is 0 Å². The third kappa shape index (κ3) is 4.65. The quantitative estimate of drug-likeness (QED) is 0.187. The summed E-state index contributed by atoms with van der Waals surface area (Å²) in [6, 6.07) is 67.5. The van der Waals surface area contributed by atoms with Gasteiger partial charge in [-0.15, -0.1) is 0 Å². The Kier molecular flexibility index (Phi) is 6.53. The van der Waals surface area contributed by atoms with Crippen molar-refractivity contribution in [2.75, 3.05) is 4.90 Å². The third-order valence-corrected chi connectivity index (χ3v) is 10.0. The maximum absolute atomic E-state index is 6.83. The summed E-state index contributed by atoms with van der Waals surface area (Å²) in [5.74, 6) is 0. The predicted molar refractivity (Wildman–Crippen MR) is 212 cm³/mol. The standard InChI is InChI=1S/C48H31NO/c1-3-13-36-30-38(21-20-32(36)10-1)34-22-26-39(27-23-34)49(40-28-24-33-11-2-4-14-37(33)31-40)46-19-8-7-16-42(46)43-17-9-18-44-45-29-25-35-12-5-6-15-41(35)47(45)50-48(43)44/h1-31H. The molecule has 0 bridgehead atoms. The van der Waals surface area contributed by atoms with Gasteiger partial charge >= 0.3 is 0 Å². The van der Waals surface area contributed by atoms with Gasteiger partial charge in [0.05, 0.1) is 5.69 Å². The maximum Gasteiger partial charge on any atom is 0.143 e.